The first-order valence-electron chi connectivity index (χ1n) is 9.62. The lowest BCUT2D eigenvalue weighted by Crippen LogP contribution is -2.45. The van der Waals surface area contributed by atoms with Crippen molar-refractivity contribution in [3.63, 3.8) is 0 Å². The molecule has 3 rings (SSSR count). The summed E-state index contributed by atoms with van der Waals surface area (Å²) in [5, 5.41) is 13.2. The van der Waals surface area contributed by atoms with E-state index in [-0.39, 0.29) is 28.9 Å². The minimum absolute atomic E-state index is 0.0474. The zero-order chi connectivity index (χ0) is 23.9. The number of nitrogens with one attached hydrogen (secondary N) is 1. The van der Waals surface area contributed by atoms with E-state index >= 15 is 0 Å². The number of rotatable bonds is 5. The van der Waals surface area contributed by atoms with Crippen LogP contribution in [0.2, 0.25) is 0 Å². The van der Waals surface area contributed by atoms with Gasteiger partial charge in [-0.3, -0.25) is 24.3 Å². The summed E-state index contributed by atoms with van der Waals surface area (Å²) in [7, 11) is -4.02. The number of nitrogens with two attached hydrogens (primary N) is 1. The van der Waals surface area contributed by atoms with E-state index in [1.165, 1.54) is 41.3 Å². The summed E-state index contributed by atoms with van der Waals surface area (Å²) in [4.78, 5) is 35.3. The van der Waals surface area contributed by atoms with E-state index < -0.39 is 21.1 Å². The third-order valence-electron chi connectivity index (χ3n) is 4.71. The van der Waals surface area contributed by atoms with Crippen molar-refractivity contribution in [3.8, 4) is 0 Å². The highest BCUT2D eigenvalue weighted by Gasteiger charge is 2.33. The molecular formula is C20H24N4O7S. The molecule has 0 bridgehead atoms. The van der Waals surface area contributed by atoms with Crippen LogP contribution in [0.4, 0.5) is 11.4 Å². The molecule has 1 heterocycles. The van der Waals surface area contributed by atoms with Crippen LogP contribution in [0.5, 0.6) is 0 Å². The molecule has 0 radical (unpaired) electrons. The van der Waals surface area contributed by atoms with Crippen molar-refractivity contribution in [1.29, 1.82) is 0 Å². The number of aryl methyl sites for hydroxylation is 1. The first-order chi connectivity index (χ1) is 15.0. The van der Waals surface area contributed by atoms with Crippen molar-refractivity contribution < 1.29 is 27.5 Å². The molecule has 1 saturated heterocycles. The summed E-state index contributed by atoms with van der Waals surface area (Å²) in [5.41, 5.74) is 6.69. The fourth-order valence-corrected chi connectivity index (χ4v) is 3.54. The number of amides is 2. The number of carbonyl (C=O) groups is 2. The highest BCUT2D eigenvalue weighted by atomic mass is 32.2. The summed E-state index contributed by atoms with van der Waals surface area (Å²) in [6, 6.07) is 11.0. The van der Waals surface area contributed by atoms with Gasteiger partial charge in [-0.2, -0.15) is 8.42 Å². The Kier molecular flexibility index (Phi) is 8.41. The maximum Gasteiger partial charge on any atom is 0.294 e. The Morgan fingerprint density at radius 3 is 2.28 bits per heavy atom. The van der Waals surface area contributed by atoms with Gasteiger partial charge in [0, 0.05) is 24.4 Å². The largest absolute Gasteiger partial charge is 0.330 e. The van der Waals surface area contributed by atoms with Gasteiger partial charge in [0.05, 0.1) is 16.4 Å². The van der Waals surface area contributed by atoms with Gasteiger partial charge in [-0.1, -0.05) is 17.7 Å². The van der Waals surface area contributed by atoms with Crippen molar-refractivity contribution in [2.45, 2.75) is 30.7 Å². The molecular weight excluding hydrogens is 440 g/mol. The summed E-state index contributed by atoms with van der Waals surface area (Å²) < 4.78 is 29.6. The zero-order valence-electron chi connectivity index (χ0n) is 17.3. The molecule has 0 saturated carbocycles. The highest BCUT2D eigenvalue weighted by molar-refractivity contribution is 7.85. The lowest BCUT2D eigenvalue weighted by atomic mass is 10.2. The van der Waals surface area contributed by atoms with Crippen molar-refractivity contribution in [2.75, 3.05) is 18.4 Å². The number of nitrogens with zero attached hydrogens (tertiary/aromatic N) is 2. The second kappa shape index (κ2) is 10.8. The van der Waals surface area contributed by atoms with Crippen LogP contribution in [0, 0.1) is 17.0 Å². The lowest BCUT2D eigenvalue weighted by molar-refractivity contribution is -0.384. The van der Waals surface area contributed by atoms with Crippen LogP contribution in [0.3, 0.4) is 0 Å². The molecule has 1 atom stereocenters. The topological polar surface area (TPSA) is 173 Å². The molecule has 172 valence electrons. The van der Waals surface area contributed by atoms with Crippen LogP contribution in [0.15, 0.2) is 53.4 Å². The number of hydrogen-bond acceptors (Lipinski definition) is 7. The van der Waals surface area contributed by atoms with Crippen LogP contribution < -0.4 is 11.1 Å². The van der Waals surface area contributed by atoms with Crippen molar-refractivity contribution >= 4 is 33.3 Å². The van der Waals surface area contributed by atoms with E-state index in [0.29, 0.717) is 18.7 Å². The lowest BCUT2D eigenvalue weighted by Gasteiger charge is -2.23. The molecule has 1 aliphatic heterocycles. The first-order valence-corrected chi connectivity index (χ1v) is 11.1. The second-order valence-electron chi connectivity index (χ2n) is 7.03. The van der Waals surface area contributed by atoms with Gasteiger partial charge in [0.25, 0.3) is 15.8 Å². The van der Waals surface area contributed by atoms with Crippen LogP contribution in [0.25, 0.3) is 0 Å². The number of benzene rings is 2. The maximum atomic E-state index is 12.2. The number of nitro benzene ring substituents is 1. The van der Waals surface area contributed by atoms with Crippen molar-refractivity contribution in [1.82, 2.24) is 4.90 Å². The van der Waals surface area contributed by atoms with Gasteiger partial charge < -0.3 is 16.0 Å². The van der Waals surface area contributed by atoms with Crippen molar-refractivity contribution in [2.24, 2.45) is 5.73 Å². The third kappa shape index (κ3) is 6.83. The number of nitro groups is 1. The summed E-state index contributed by atoms with van der Waals surface area (Å²) >= 11 is 0. The van der Waals surface area contributed by atoms with Gasteiger partial charge in [-0.15, -0.1) is 0 Å². The SMILES string of the molecule is Cc1ccc(S(=O)(=O)O)cc1.NCC(=O)N1CCCC1C(=O)Nc1ccc([N+](=O)[O-])cc1. The average Bonchev–Trinajstić information content (AvgIpc) is 3.24. The Labute approximate surface area is 185 Å². The first kappa shape index (κ1) is 24.9. The van der Waals surface area contributed by atoms with Gasteiger partial charge >= 0.3 is 0 Å². The second-order valence-corrected chi connectivity index (χ2v) is 8.45. The predicted molar refractivity (Wildman–Crippen MR) is 117 cm³/mol. The predicted octanol–water partition coefficient (Wildman–Crippen LogP) is 1.72. The Morgan fingerprint density at radius 1 is 1.19 bits per heavy atom. The molecule has 4 N–H and O–H groups in total. The molecule has 1 fully saturated rings. The van der Waals surface area contributed by atoms with Gasteiger partial charge in [0.1, 0.15) is 6.04 Å². The molecule has 11 nitrogen and oxygen atoms in total. The zero-order valence-corrected chi connectivity index (χ0v) is 18.1. The van der Waals surface area contributed by atoms with Gasteiger partial charge in [-0.25, -0.2) is 0 Å². The quantitative estimate of drug-likeness (QED) is 0.341. The molecule has 2 aromatic carbocycles. The van der Waals surface area contributed by atoms with Crippen LogP contribution in [-0.2, 0) is 19.7 Å². The molecule has 0 aromatic heterocycles. The third-order valence-corrected chi connectivity index (χ3v) is 5.58. The van der Waals surface area contributed by atoms with E-state index in [2.05, 4.69) is 5.32 Å². The average molecular weight is 465 g/mol. The van der Waals surface area contributed by atoms with Crippen LogP contribution in [0.1, 0.15) is 18.4 Å². The minimum atomic E-state index is -4.02. The Bertz CT molecular complexity index is 1070. The number of carbonyl (C=O) groups excluding carboxylic acids is 2. The van der Waals surface area contributed by atoms with Crippen molar-refractivity contribution in [3.05, 3.63) is 64.2 Å². The monoisotopic (exact) mass is 464 g/mol. The Balaban J connectivity index is 0.000000278. The smallest absolute Gasteiger partial charge is 0.294 e. The normalized spacial score (nSPS) is 15.5. The van der Waals surface area contributed by atoms with E-state index in [4.69, 9.17) is 10.3 Å². The molecule has 2 amide bonds. The van der Waals surface area contributed by atoms with Gasteiger partial charge in [-0.05, 0) is 44.0 Å². The van der Waals surface area contributed by atoms with Crippen LogP contribution in [-0.4, -0.2) is 53.7 Å². The number of non-ortho nitro benzene ring substituents is 1. The van der Waals surface area contributed by atoms with Gasteiger partial charge in [0.15, 0.2) is 0 Å². The fraction of sp³-hybridized carbons (Fsp3) is 0.300. The summed E-state index contributed by atoms with van der Waals surface area (Å²) in [5.74, 6) is -0.556. The van der Waals surface area contributed by atoms with E-state index in [0.717, 1.165) is 12.0 Å². The fourth-order valence-electron chi connectivity index (χ4n) is 3.06. The molecule has 1 aliphatic rings. The number of anilines is 1. The number of hydrogen-bond donors (Lipinski definition) is 3. The number of likely N-dealkylation sites (tertiary alicyclic amines) is 1. The van der Waals surface area contributed by atoms with E-state index in [1.54, 1.807) is 12.1 Å². The van der Waals surface area contributed by atoms with E-state index in [1.807, 2.05) is 6.92 Å². The Hall–Kier alpha value is -3.35. The molecule has 0 aliphatic carbocycles. The van der Waals surface area contributed by atoms with Gasteiger partial charge in [0.2, 0.25) is 11.8 Å². The van der Waals surface area contributed by atoms with Crippen LogP contribution >= 0.6 is 0 Å². The molecule has 1 unspecified atom stereocenters. The minimum Gasteiger partial charge on any atom is -0.330 e. The maximum absolute atomic E-state index is 12.2. The molecule has 0 spiro atoms. The standard InChI is InChI=1S/C13H16N4O4.C7H8O3S/c14-8-12(18)16-7-1-2-11(16)13(19)15-9-3-5-10(6-4-9)17(20)21;1-6-2-4-7(5-3-6)11(8,9)10/h3-6,11H,1-2,7-8,14H2,(H,15,19);2-5H,1H3,(H,8,9,10). The highest BCUT2D eigenvalue weighted by Crippen LogP contribution is 2.20. The Morgan fingerprint density at radius 2 is 1.78 bits per heavy atom. The molecule has 2 aromatic rings. The van der Waals surface area contributed by atoms with E-state index in [9.17, 15) is 28.1 Å². The molecule has 32 heavy (non-hydrogen) atoms. The molecule has 12 heteroatoms. The summed E-state index contributed by atoms with van der Waals surface area (Å²) in [6.45, 7) is 2.24. The summed E-state index contributed by atoms with van der Waals surface area (Å²) in [6.07, 6.45) is 1.34.